The maximum absolute atomic E-state index is 6.04. The molecule has 1 aromatic rings. The molecule has 0 saturated carbocycles. The highest BCUT2D eigenvalue weighted by Gasteiger charge is 2.23. The van der Waals surface area contributed by atoms with Crippen molar-refractivity contribution in [1.29, 1.82) is 0 Å². The molecule has 2 rings (SSSR count). The summed E-state index contributed by atoms with van der Waals surface area (Å²) >= 11 is 1.77. The first kappa shape index (κ1) is 15.8. The van der Waals surface area contributed by atoms with Crippen molar-refractivity contribution in [2.45, 2.75) is 36.8 Å². The summed E-state index contributed by atoms with van der Waals surface area (Å²) in [6, 6.07) is 9.08. The van der Waals surface area contributed by atoms with Crippen molar-refractivity contribution in [3.05, 3.63) is 29.8 Å². The maximum Gasteiger partial charge on any atom is 0.0703 e. The summed E-state index contributed by atoms with van der Waals surface area (Å²) in [5.74, 6) is 0. The molecule has 0 amide bonds. The Morgan fingerprint density at radius 2 is 2.15 bits per heavy atom. The molecular weight excluding hydrogens is 268 g/mol. The third kappa shape index (κ3) is 3.98. The van der Waals surface area contributed by atoms with Gasteiger partial charge in [0.25, 0.3) is 0 Å². The largest absolute Gasteiger partial charge is 0.377 e. The zero-order valence-electron chi connectivity index (χ0n) is 12.5. The molecule has 0 aromatic heterocycles. The molecule has 2 atom stereocenters. The van der Waals surface area contributed by atoms with Crippen LogP contribution >= 0.6 is 11.8 Å². The molecule has 20 heavy (non-hydrogen) atoms. The molecule has 0 radical (unpaired) electrons. The van der Waals surface area contributed by atoms with Crippen molar-refractivity contribution in [2.75, 3.05) is 32.5 Å². The number of hydrogen-bond donors (Lipinski definition) is 1. The number of benzene rings is 1. The summed E-state index contributed by atoms with van der Waals surface area (Å²) in [6.07, 6.45) is 4.86. The van der Waals surface area contributed by atoms with Gasteiger partial charge in [0.1, 0.15) is 0 Å². The van der Waals surface area contributed by atoms with Crippen LogP contribution in [-0.4, -0.2) is 43.5 Å². The minimum Gasteiger partial charge on any atom is -0.377 e. The van der Waals surface area contributed by atoms with Gasteiger partial charge in [-0.3, -0.25) is 4.90 Å². The van der Waals surface area contributed by atoms with Crippen LogP contribution in [0.2, 0.25) is 0 Å². The first-order chi connectivity index (χ1) is 9.78. The van der Waals surface area contributed by atoms with Crippen molar-refractivity contribution >= 4 is 11.8 Å². The van der Waals surface area contributed by atoms with Crippen LogP contribution in [0.15, 0.2) is 29.2 Å². The highest BCUT2D eigenvalue weighted by Crippen LogP contribution is 2.24. The number of hydrogen-bond acceptors (Lipinski definition) is 4. The van der Waals surface area contributed by atoms with E-state index in [9.17, 15) is 0 Å². The van der Waals surface area contributed by atoms with Crippen molar-refractivity contribution in [3.63, 3.8) is 0 Å². The molecule has 3 nitrogen and oxygen atoms in total. The standard InChI is InChI=1S/C16H26N2OS/c1-3-18(12-14-5-4-10-19-14)16(11-17)13-6-8-15(20-2)9-7-13/h6-9,14,16H,3-5,10-12,17H2,1-2H3. The zero-order valence-corrected chi connectivity index (χ0v) is 13.4. The normalized spacial score (nSPS) is 20.5. The Hall–Kier alpha value is -0.550. The molecule has 112 valence electrons. The second-order valence-corrected chi connectivity index (χ2v) is 6.13. The van der Waals surface area contributed by atoms with Gasteiger partial charge in [0.15, 0.2) is 0 Å². The Labute approximate surface area is 126 Å². The van der Waals surface area contributed by atoms with E-state index in [1.165, 1.54) is 23.3 Å². The Morgan fingerprint density at radius 3 is 2.65 bits per heavy atom. The van der Waals surface area contributed by atoms with E-state index in [1.54, 1.807) is 11.8 Å². The van der Waals surface area contributed by atoms with Crippen molar-refractivity contribution < 1.29 is 4.74 Å². The van der Waals surface area contributed by atoms with Crippen LogP contribution in [0.5, 0.6) is 0 Å². The van der Waals surface area contributed by atoms with E-state index in [4.69, 9.17) is 10.5 Å². The van der Waals surface area contributed by atoms with Crippen LogP contribution in [0.3, 0.4) is 0 Å². The van der Waals surface area contributed by atoms with Gasteiger partial charge in [-0.1, -0.05) is 19.1 Å². The molecule has 0 spiro atoms. The molecule has 1 aliphatic heterocycles. The molecule has 0 aliphatic carbocycles. The van der Waals surface area contributed by atoms with E-state index in [0.29, 0.717) is 18.7 Å². The topological polar surface area (TPSA) is 38.5 Å². The van der Waals surface area contributed by atoms with Gasteiger partial charge < -0.3 is 10.5 Å². The molecule has 1 fully saturated rings. The Balaban J connectivity index is 2.06. The summed E-state index contributed by atoms with van der Waals surface area (Å²) in [5, 5.41) is 0. The van der Waals surface area contributed by atoms with Gasteiger partial charge >= 0.3 is 0 Å². The lowest BCUT2D eigenvalue weighted by Gasteiger charge is -2.32. The summed E-state index contributed by atoms with van der Waals surface area (Å²) in [4.78, 5) is 3.75. The summed E-state index contributed by atoms with van der Waals surface area (Å²) in [7, 11) is 0. The van der Waals surface area contributed by atoms with Crippen LogP contribution in [0.1, 0.15) is 31.4 Å². The number of rotatable bonds is 7. The second kappa shape index (κ2) is 8.03. The molecule has 1 saturated heterocycles. The minimum absolute atomic E-state index is 0.292. The molecule has 2 N–H and O–H groups in total. The molecule has 2 unspecified atom stereocenters. The van der Waals surface area contributed by atoms with Gasteiger partial charge in [0.05, 0.1) is 6.10 Å². The second-order valence-electron chi connectivity index (χ2n) is 5.25. The van der Waals surface area contributed by atoms with Gasteiger partial charge in [0.2, 0.25) is 0 Å². The Morgan fingerprint density at radius 1 is 1.40 bits per heavy atom. The van der Waals surface area contributed by atoms with Crippen LogP contribution in [0, 0.1) is 0 Å². The highest BCUT2D eigenvalue weighted by molar-refractivity contribution is 7.98. The van der Waals surface area contributed by atoms with E-state index < -0.39 is 0 Å². The van der Waals surface area contributed by atoms with Crippen molar-refractivity contribution in [2.24, 2.45) is 5.73 Å². The number of likely N-dealkylation sites (N-methyl/N-ethyl adjacent to an activating group) is 1. The zero-order chi connectivity index (χ0) is 14.4. The Bertz CT molecular complexity index is 390. The number of ether oxygens (including phenoxy) is 1. The van der Waals surface area contributed by atoms with E-state index >= 15 is 0 Å². The fourth-order valence-corrected chi connectivity index (χ4v) is 3.26. The first-order valence-electron chi connectivity index (χ1n) is 7.48. The number of thioether (sulfide) groups is 1. The minimum atomic E-state index is 0.292. The van der Waals surface area contributed by atoms with Crippen LogP contribution in [0.25, 0.3) is 0 Å². The predicted molar refractivity (Wildman–Crippen MR) is 86.2 cm³/mol. The SMILES string of the molecule is CCN(CC1CCCO1)C(CN)c1ccc(SC)cc1. The summed E-state index contributed by atoms with van der Waals surface area (Å²) < 4.78 is 5.77. The lowest BCUT2D eigenvalue weighted by molar-refractivity contribution is 0.0601. The Kier molecular flexibility index (Phi) is 6.36. The molecule has 1 heterocycles. The van der Waals surface area contributed by atoms with Gasteiger partial charge in [-0.05, 0) is 43.3 Å². The average Bonchev–Trinajstić information content (AvgIpc) is 3.00. The first-order valence-corrected chi connectivity index (χ1v) is 8.70. The number of nitrogens with two attached hydrogens (primary N) is 1. The third-order valence-electron chi connectivity index (χ3n) is 4.03. The fourth-order valence-electron chi connectivity index (χ4n) is 2.85. The molecule has 4 heteroatoms. The molecule has 0 bridgehead atoms. The fraction of sp³-hybridized carbons (Fsp3) is 0.625. The van der Waals surface area contributed by atoms with Gasteiger partial charge in [0, 0.05) is 30.6 Å². The van der Waals surface area contributed by atoms with E-state index in [2.05, 4.69) is 42.3 Å². The number of nitrogens with zero attached hydrogens (tertiary/aromatic N) is 1. The van der Waals surface area contributed by atoms with Crippen molar-refractivity contribution in [3.8, 4) is 0 Å². The van der Waals surface area contributed by atoms with E-state index in [0.717, 1.165) is 19.7 Å². The lowest BCUT2D eigenvalue weighted by atomic mass is 10.0. The van der Waals surface area contributed by atoms with Gasteiger partial charge in [-0.25, -0.2) is 0 Å². The molecular formula is C16H26N2OS. The molecule has 1 aromatic carbocycles. The predicted octanol–water partition coefficient (Wildman–Crippen LogP) is 2.91. The van der Waals surface area contributed by atoms with Crippen LogP contribution < -0.4 is 5.73 Å². The maximum atomic E-state index is 6.04. The lowest BCUT2D eigenvalue weighted by Crippen LogP contribution is -2.38. The van der Waals surface area contributed by atoms with E-state index in [-0.39, 0.29) is 0 Å². The quantitative estimate of drug-likeness (QED) is 0.785. The highest BCUT2D eigenvalue weighted by atomic mass is 32.2. The smallest absolute Gasteiger partial charge is 0.0703 e. The van der Waals surface area contributed by atoms with Gasteiger partial charge in [-0.2, -0.15) is 0 Å². The summed E-state index contributed by atoms with van der Waals surface area (Å²) in [5.41, 5.74) is 7.35. The van der Waals surface area contributed by atoms with Crippen LogP contribution in [0.4, 0.5) is 0 Å². The van der Waals surface area contributed by atoms with E-state index in [1.807, 2.05) is 0 Å². The van der Waals surface area contributed by atoms with Crippen LogP contribution in [-0.2, 0) is 4.74 Å². The van der Waals surface area contributed by atoms with Gasteiger partial charge in [-0.15, -0.1) is 11.8 Å². The monoisotopic (exact) mass is 294 g/mol. The average molecular weight is 294 g/mol. The molecule has 1 aliphatic rings. The third-order valence-corrected chi connectivity index (χ3v) is 4.78. The van der Waals surface area contributed by atoms with Crippen molar-refractivity contribution in [1.82, 2.24) is 4.90 Å². The summed E-state index contributed by atoms with van der Waals surface area (Å²) in [6.45, 7) is 5.76.